The fourth-order valence-corrected chi connectivity index (χ4v) is 1.94. The molecule has 0 saturated heterocycles. The summed E-state index contributed by atoms with van der Waals surface area (Å²) in [7, 11) is 1.98. The van der Waals surface area contributed by atoms with E-state index < -0.39 is 0 Å². The Morgan fingerprint density at radius 2 is 1.89 bits per heavy atom. The summed E-state index contributed by atoms with van der Waals surface area (Å²) < 4.78 is 5.94. The van der Waals surface area contributed by atoms with Crippen LogP contribution in [0.3, 0.4) is 0 Å². The first-order valence-corrected chi connectivity index (χ1v) is 6.83. The lowest BCUT2D eigenvalue weighted by atomic mass is 9.85. The molecule has 0 fully saturated rings. The maximum absolute atomic E-state index is 5.94. The van der Waals surface area contributed by atoms with Crippen LogP contribution in [0.1, 0.15) is 44.7 Å². The minimum absolute atomic E-state index is 0.131. The van der Waals surface area contributed by atoms with E-state index in [1.165, 1.54) is 11.1 Å². The van der Waals surface area contributed by atoms with Gasteiger partial charge in [0.05, 0.1) is 6.61 Å². The second kappa shape index (κ2) is 6.79. The van der Waals surface area contributed by atoms with Gasteiger partial charge in [0, 0.05) is 0 Å². The Bertz CT molecular complexity index is 366. The lowest BCUT2D eigenvalue weighted by Crippen LogP contribution is -2.14. The SMILES string of the molecule is CNCCCCOc1ccc(C)cc1C(C)(C)C. The van der Waals surface area contributed by atoms with Crippen LogP contribution in [0.25, 0.3) is 0 Å². The average Bonchev–Trinajstić information content (AvgIpc) is 2.29. The highest BCUT2D eigenvalue weighted by Gasteiger charge is 2.18. The molecule has 0 amide bonds. The second-order valence-corrected chi connectivity index (χ2v) is 5.91. The molecule has 2 heteroatoms. The van der Waals surface area contributed by atoms with E-state index in [2.05, 4.69) is 51.2 Å². The molecule has 2 nitrogen and oxygen atoms in total. The Kier molecular flexibility index (Phi) is 5.67. The number of benzene rings is 1. The molecule has 0 aromatic heterocycles. The number of nitrogens with one attached hydrogen (secondary N) is 1. The Morgan fingerprint density at radius 3 is 2.50 bits per heavy atom. The number of ether oxygens (including phenoxy) is 1. The zero-order valence-corrected chi connectivity index (χ0v) is 12.5. The number of aryl methyl sites for hydroxylation is 1. The molecule has 18 heavy (non-hydrogen) atoms. The molecule has 0 spiro atoms. The molecule has 1 aromatic rings. The van der Waals surface area contributed by atoms with E-state index in [1.807, 2.05) is 7.05 Å². The molecule has 0 saturated carbocycles. The molecule has 0 bridgehead atoms. The Hall–Kier alpha value is -1.02. The van der Waals surface area contributed by atoms with Crippen LogP contribution in [0.5, 0.6) is 5.75 Å². The molecule has 0 radical (unpaired) electrons. The lowest BCUT2D eigenvalue weighted by Gasteiger charge is -2.23. The lowest BCUT2D eigenvalue weighted by molar-refractivity contribution is 0.298. The van der Waals surface area contributed by atoms with Crippen molar-refractivity contribution >= 4 is 0 Å². The summed E-state index contributed by atoms with van der Waals surface area (Å²) in [6, 6.07) is 6.47. The molecular formula is C16H27NO. The summed E-state index contributed by atoms with van der Waals surface area (Å²) in [4.78, 5) is 0. The summed E-state index contributed by atoms with van der Waals surface area (Å²) in [5.74, 6) is 1.04. The van der Waals surface area contributed by atoms with E-state index in [4.69, 9.17) is 4.74 Å². The van der Waals surface area contributed by atoms with Gasteiger partial charge in [-0.05, 0) is 50.4 Å². The van der Waals surface area contributed by atoms with Crippen LogP contribution in [-0.2, 0) is 5.41 Å². The van der Waals surface area contributed by atoms with E-state index in [0.29, 0.717) is 0 Å². The van der Waals surface area contributed by atoms with Crippen molar-refractivity contribution in [2.24, 2.45) is 0 Å². The van der Waals surface area contributed by atoms with Crippen LogP contribution >= 0.6 is 0 Å². The highest BCUT2D eigenvalue weighted by Crippen LogP contribution is 2.32. The molecule has 1 rings (SSSR count). The summed E-state index contributed by atoms with van der Waals surface area (Å²) in [5.41, 5.74) is 2.73. The van der Waals surface area contributed by atoms with Crippen LogP contribution in [0.4, 0.5) is 0 Å². The van der Waals surface area contributed by atoms with Crippen molar-refractivity contribution in [1.82, 2.24) is 5.32 Å². The van der Waals surface area contributed by atoms with Gasteiger partial charge in [-0.3, -0.25) is 0 Å². The van der Waals surface area contributed by atoms with Gasteiger partial charge in [-0.15, -0.1) is 0 Å². The van der Waals surface area contributed by atoms with Crippen molar-refractivity contribution in [3.63, 3.8) is 0 Å². The summed E-state index contributed by atoms with van der Waals surface area (Å²) in [6.07, 6.45) is 2.26. The van der Waals surface area contributed by atoms with Crippen molar-refractivity contribution in [3.8, 4) is 5.75 Å². The minimum Gasteiger partial charge on any atom is -0.493 e. The van der Waals surface area contributed by atoms with Crippen LogP contribution in [0.2, 0.25) is 0 Å². The molecule has 0 aliphatic rings. The maximum atomic E-state index is 5.94. The molecule has 0 unspecified atom stereocenters. The number of hydrogen-bond acceptors (Lipinski definition) is 2. The Morgan fingerprint density at radius 1 is 1.17 bits per heavy atom. The predicted octanol–water partition coefficient (Wildman–Crippen LogP) is 3.67. The van der Waals surface area contributed by atoms with E-state index >= 15 is 0 Å². The van der Waals surface area contributed by atoms with Crippen LogP contribution < -0.4 is 10.1 Å². The van der Waals surface area contributed by atoms with Gasteiger partial charge in [0.1, 0.15) is 5.75 Å². The fraction of sp³-hybridized carbons (Fsp3) is 0.625. The topological polar surface area (TPSA) is 21.3 Å². The normalized spacial score (nSPS) is 11.6. The standard InChI is InChI=1S/C16H27NO/c1-13-8-9-15(14(12-13)16(2,3)4)18-11-7-6-10-17-5/h8-9,12,17H,6-7,10-11H2,1-5H3. The highest BCUT2D eigenvalue weighted by atomic mass is 16.5. The molecule has 0 aliphatic carbocycles. The largest absolute Gasteiger partial charge is 0.493 e. The molecule has 0 aliphatic heterocycles. The van der Waals surface area contributed by atoms with Gasteiger partial charge in [-0.1, -0.05) is 38.5 Å². The first-order valence-electron chi connectivity index (χ1n) is 6.83. The van der Waals surface area contributed by atoms with Crippen LogP contribution in [-0.4, -0.2) is 20.2 Å². The third kappa shape index (κ3) is 4.69. The van der Waals surface area contributed by atoms with Gasteiger partial charge in [0.2, 0.25) is 0 Å². The predicted molar refractivity (Wildman–Crippen MR) is 78.5 cm³/mol. The zero-order valence-electron chi connectivity index (χ0n) is 12.5. The van der Waals surface area contributed by atoms with Gasteiger partial charge in [0.25, 0.3) is 0 Å². The average molecular weight is 249 g/mol. The van der Waals surface area contributed by atoms with E-state index in [0.717, 1.165) is 31.7 Å². The molecule has 0 atom stereocenters. The van der Waals surface area contributed by atoms with Gasteiger partial charge < -0.3 is 10.1 Å². The molecular weight excluding hydrogens is 222 g/mol. The molecule has 1 aromatic carbocycles. The minimum atomic E-state index is 0.131. The Balaban J connectivity index is 2.65. The van der Waals surface area contributed by atoms with Crippen molar-refractivity contribution in [1.29, 1.82) is 0 Å². The van der Waals surface area contributed by atoms with E-state index in [-0.39, 0.29) is 5.41 Å². The van der Waals surface area contributed by atoms with E-state index in [1.54, 1.807) is 0 Å². The molecule has 1 N–H and O–H groups in total. The molecule has 0 heterocycles. The number of rotatable bonds is 6. The first kappa shape index (κ1) is 15.0. The van der Waals surface area contributed by atoms with Crippen LogP contribution in [0.15, 0.2) is 18.2 Å². The summed E-state index contributed by atoms with van der Waals surface area (Å²) >= 11 is 0. The maximum Gasteiger partial charge on any atom is 0.123 e. The third-order valence-corrected chi connectivity index (χ3v) is 3.02. The fourth-order valence-electron chi connectivity index (χ4n) is 1.94. The summed E-state index contributed by atoms with van der Waals surface area (Å²) in [5, 5.41) is 3.15. The van der Waals surface area contributed by atoms with Crippen molar-refractivity contribution in [2.45, 2.75) is 46.0 Å². The third-order valence-electron chi connectivity index (χ3n) is 3.02. The van der Waals surface area contributed by atoms with Gasteiger partial charge in [-0.2, -0.15) is 0 Å². The highest BCUT2D eigenvalue weighted by molar-refractivity contribution is 5.41. The Labute approximate surface area is 112 Å². The van der Waals surface area contributed by atoms with Crippen LogP contribution in [0, 0.1) is 6.92 Å². The first-order chi connectivity index (χ1) is 8.45. The number of hydrogen-bond donors (Lipinski definition) is 1. The monoisotopic (exact) mass is 249 g/mol. The van der Waals surface area contributed by atoms with Gasteiger partial charge in [0.15, 0.2) is 0 Å². The van der Waals surface area contributed by atoms with Crippen molar-refractivity contribution in [2.75, 3.05) is 20.2 Å². The number of unbranched alkanes of at least 4 members (excludes halogenated alkanes) is 1. The van der Waals surface area contributed by atoms with Gasteiger partial charge >= 0.3 is 0 Å². The van der Waals surface area contributed by atoms with Crippen molar-refractivity contribution < 1.29 is 4.74 Å². The van der Waals surface area contributed by atoms with E-state index in [9.17, 15) is 0 Å². The molecule has 102 valence electrons. The summed E-state index contributed by atoms with van der Waals surface area (Å²) in [6.45, 7) is 10.7. The second-order valence-electron chi connectivity index (χ2n) is 5.91. The quantitative estimate of drug-likeness (QED) is 0.777. The smallest absolute Gasteiger partial charge is 0.123 e. The van der Waals surface area contributed by atoms with Gasteiger partial charge in [-0.25, -0.2) is 0 Å². The van der Waals surface area contributed by atoms with Crippen molar-refractivity contribution in [3.05, 3.63) is 29.3 Å². The zero-order chi connectivity index (χ0) is 13.6.